The van der Waals surface area contributed by atoms with Gasteiger partial charge in [-0.2, -0.15) is 13.2 Å². The predicted octanol–water partition coefficient (Wildman–Crippen LogP) is -0.00530. The molecule has 0 bridgehead atoms. The second-order valence-corrected chi connectivity index (χ2v) is 4.88. The lowest BCUT2D eigenvalue weighted by Crippen LogP contribution is -2.35. The van der Waals surface area contributed by atoms with E-state index in [2.05, 4.69) is 5.16 Å². The minimum absolute atomic E-state index is 0.376. The summed E-state index contributed by atoms with van der Waals surface area (Å²) < 4.78 is 59.2. The molecule has 0 rings (SSSR count). The van der Waals surface area contributed by atoms with Crippen LogP contribution < -0.4 is 10.5 Å². The number of nitrogens with one attached hydrogen (secondary N) is 1. The van der Waals surface area contributed by atoms with Gasteiger partial charge in [-0.1, -0.05) is 5.16 Å². The van der Waals surface area contributed by atoms with E-state index in [1.54, 1.807) is 0 Å². The van der Waals surface area contributed by atoms with Crippen molar-refractivity contribution in [2.45, 2.75) is 19.0 Å². The first-order valence-corrected chi connectivity index (χ1v) is 5.82. The number of alkyl halides is 3. The van der Waals surface area contributed by atoms with Crippen LogP contribution in [0.4, 0.5) is 13.2 Å². The average molecular weight is 263 g/mol. The number of hydrogen-bond donors (Lipinski definition) is 3. The van der Waals surface area contributed by atoms with E-state index in [0.717, 1.165) is 0 Å². The van der Waals surface area contributed by atoms with Crippen molar-refractivity contribution < 1.29 is 26.8 Å². The number of nitrogens with two attached hydrogens (primary N) is 1. The van der Waals surface area contributed by atoms with Gasteiger partial charge in [0.25, 0.3) is 0 Å². The van der Waals surface area contributed by atoms with Crippen LogP contribution in [-0.4, -0.2) is 37.9 Å². The first-order valence-electron chi connectivity index (χ1n) is 4.17. The van der Waals surface area contributed by atoms with Crippen LogP contribution in [0.3, 0.4) is 0 Å². The summed E-state index contributed by atoms with van der Waals surface area (Å²) in [6.07, 6.45) is -6.08. The Morgan fingerprint density at radius 2 is 2.00 bits per heavy atom. The summed E-state index contributed by atoms with van der Waals surface area (Å²) in [6.45, 7) is -0.440. The highest BCUT2D eigenvalue weighted by Gasteiger charge is 2.27. The van der Waals surface area contributed by atoms with Crippen molar-refractivity contribution >= 4 is 15.9 Å². The Hall–Kier alpha value is -1.03. The molecule has 10 heteroatoms. The normalized spacial score (nSPS) is 14.1. The molecule has 0 aromatic rings. The molecule has 0 radical (unpaired) electrons. The minimum atomic E-state index is -4.37. The molecule has 0 aliphatic heterocycles. The number of oxime groups is 1. The van der Waals surface area contributed by atoms with Crippen molar-refractivity contribution in [2.24, 2.45) is 10.9 Å². The van der Waals surface area contributed by atoms with Crippen LogP contribution in [0.25, 0.3) is 0 Å². The number of sulfonamides is 1. The van der Waals surface area contributed by atoms with Gasteiger partial charge in [0.2, 0.25) is 10.0 Å². The molecule has 0 saturated carbocycles. The monoisotopic (exact) mass is 263 g/mol. The smallest absolute Gasteiger partial charge is 0.389 e. The van der Waals surface area contributed by atoms with E-state index in [-0.39, 0.29) is 5.84 Å². The quantitative estimate of drug-likeness (QED) is 0.271. The number of nitrogens with zero attached hydrogens (tertiary/aromatic N) is 1. The molecule has 0 unspecified atom stereocenters. The average Bonchev–Trinajstić information content (AvgIpc) is 2.12. The Balaban J connectivity index is 3.98. The zero-order chi connectivity index (χ0) is 12.8. The first kappa shape index (κ1) is 15.0. The minimum Gasteiger partial charge on any atom is -0.409 e. The van der Waals surface area contributed by atoms with Crippen LogP contribution in [0, 0.1) is 0 Å². The fraction of sp³-hybridized carbons (Fsp3) is 0.833. The molecule has 0 aliphatic carbocycles. The van der Waals surface area contributed by atoms with Gasteiger partial charge in [0, 0.05) is 6.42 Å². The second-order valence-electron chi connectivity index (χ2n) is 2.95. The Labute approximate surface area is 90.4 Å². The van der Waals surface area contributed by atoms with E-state index in [9.17, 15) is 21.6 Å². The zero-order valence-electron chi connectivity index (χ0n) is 8.16. The van der Waals surface area contributed by atoms with Gasteiger partial charge in [-0.15, -0.1) is 0 Å². The van der Waals surface area contributed by atoms with Crippen LogP contribution in [0.5, 0.6) is 0 Å². The van der Waals surface area contributed by atoms with E-state index in [0.29, 0.717) is 0 Å². The number of hydrogen-bond acceptors (Lipinski definition) is 4. The summed E-state index contributed by atoms with van der Waals surface area (Å²) in [7, 11) is -3.83. The molecule has 4 N–H and O–H groups in total. The van der Waals surface area contributed by atoms with E-state index in [1.165, 1.54) is 0 Å². The maximum Gasteiger partial charge on any atom is 0.389 e. The lowest BCUT2D eigenvalue weighted by atomic mass is 10.3. The molecule has 0 saturated heterocycles. The van der Waals surface area contributed by atoms with Crippen molar-refractivity contribution in [3.8, 4) is 0 Å². The third-order valence-corrected chi connectivity index (χ3v) is 2.89. The van der Waals surface area contributed by atoms with E-state index in [1.807, 2.05) is 4.72 Å². The maximum absolute atomic E-state index is 11.7. The highest BCUT2D eigenvalue weighted by molar-refractivity contribution is 7.89. The van der Waals surface area contributed by atoms with Crippen LogP contribution in [0.2, 0.25) is 0 Å². The fourth-order valence-corrected chi connectivity index (χ4v) is 1.79. The summed E-state index contributed by atoms with van der Waals surface area (Å²) in [5.74, 6) is -1.04. The molecule has 16 heavy (non-hydrogen) atoms. The SMILES string of the molecule is NC(CNS(=O)(=O)CCCC(F)(F)F)=NO. The molecule has 0 aromatic heterocycles. The summed E-state index contributed by atoms with van der Waals surface area (Å²) >= 11 is 0. The third kappa shape index (κ3) is 8.29. The summed E-state index contributed by atoms with van der Waals surface area (Å²) in [5, 5.41) is 10.6. The molecule has 0 amide bonds. The molecule has 0 aliphatic rings. The Morgan fingerprint density at radius 3 is 2.44 bits per heavy atom. The largest absolute Gasteiger partial charge is 0.409 e. The highest BCUT2D eigenvalue weighted by atomic mass is 32.2. The van der Waals surface area contributed by atoms with Gasteiger partial charge in [-0.05, 0) is 6.42 Å². The van der Waals surface area contributed by atoms with Gasteiger partial charge in [-0.25, -0.2) is 13.1 Å². The van der Waals surface area contributed by atoms with Crippen molar-refractivity contribution in [1.82, 2.24) is 4.72 Å². The summed E-state index contributed by atoms with van der Waals surface area (Å²) in [6, 6.07) is 0. The predicted molar refractivity (Wildman–Crippen MR) is 50.5 cm³/mol. The standard InChI is InChI=1S/C6H12F3N3O3S/c7-6(8,9)2-1-3-16(14,15)11-4-5(10)12-13/h11,13H,1-4H2,(H2,10,12). The maximum atomic E-state index is 11.7. The third-order valence-electron chi connectivity index (χ3n) is 1.47. The van der Waals surface area contributed by atoms with E-state index < -0.39 is 41.3 Å². The van der Waals surface area contributed by atoms with E-state index >= 15 is 0 Å². The van der Waals surface area contributed by atoms with Crippen LogP contribution in [-0.2, 0) is 10.0 Å². The Morgan fingerprint density at radius 1 is 1.44 bits per heavy atom. The topological polar surface area (TPSA) is 105 Å². The number of rotatable bonds is 6. The molecular formula is C6H12F3N3O3S. The molecule has 0 heterocycles. The van der Waals surface area contributed by atoms with Gasteiger partial charge in [0.05, 0.1) is 12.3 Å². The van der Waals surface area contributed by atoms with Crippen LogP contribution in [0.1, 0.15) is 12.8 Å². The van der Waals surface area contributed by atoms with Crippen molar-refractivity contribution in [2.75, 3.05) is 12.3 Å². The number of amidine groups is 1. The van der Waals surface area contributed by atoms with Gasteiger partial charge >= 0.3 is 6.18 Å². The van der Waals surface area contributed by atoms with Crippen molar-refractivity contribution in [1.29, 1.82) is 0 Å². The molecule has 6 nitrogen and oxygen atoms in total. The summed E-state index contributed by atoms with van der Waals surface area (Å²) in [4.78, 5) is 0. The lowest BCUT2D eigenvalue weighted by Gasteiger charge is -2.07. The van der Waals surface area contributed by atoms with Crippen molar-refractivity contribution in [3.63, 3.8) is 0 Å². The molecular weight excluding hydrogens is 251 g/mol. The Bertz CT molecular complexity index is 339. The van der Waals surface area contributed by atoms with Crippen LogP contribution >= 0.6 is 0 Å². The zero-order valence-corrected chi connectivity index (χ0v) is 8.98. The molecule has 0 aromatic carbocycles. The van der Waals surface area contributed by atoms with E-state index in [4.69, 9.17) is 10.9 Å². The molecule has 0 spiro atoms. The summed E-state index contributed by atoms with van der Waals surface area (Å²) in [5.41, 5.74) is 4.97. The van der Waals surface area contributed by atoms with Gasteiger partial charge in [-0.3, -0.25) is 0 Å². The Kier molecular flexibility index (Phi) is 5.51. The molecule has 96 valence electrons. The van der Waals surface area contributed by atoms with Crippen molar-refractivity contribution in [3.05, 3.63) is 0 Å². The second kappa shape index (κ2) is 5.89. The van der Waals surface area contributed by atoms with Gasteiger partial charge in [0.15, 0.2) is 5.84 Å². The van der Waals surface area contributed by atoms with Crippen LogP contribution in [0.15, 0.2) is 5.16 Å². The van der Waals surface area contributed by atoms with Gasteiger partial charge < -0.3 is 10.9 Å². The first-order chi connectivity index (χ1) is 7.16. The highest BCUT2D eigenvalue weighted by Crippen LogP contribution is 2.21. The molecule has 0 atom stereocenters. The fourth-order valence-electron chi connectivity index (χ4n) is 0.754. The number of halogens is 3. The molecule has 0 fully saturated rings. The lowest BCUT2D eigenvalue weighted by molar-refractivity contribution is -0.134. The van der Waals surface area contributed by atoms with Gasteiger partial charge in [0.1, 0.15) is 0 Å².